The smallest absolute Gasteiger partial charge is 0.161 e. The number of nitrogens with zero attached hydrogens (tertiary/aromatic N) is 1. The van der Waals surface area contributed by atoms with E-state index in [2.05, 4.69) is 24.0 Å². The second-order valence-electron chi connectivity index (χ2n) is 9.45. The summed E-state index contributed by atoms with van der Waals surface area (Å²) in [6.07, 6.45) is 12.3. The maximum atomic E-state index is 13.0. The van der Waals surface area contributed by atoms with Crippen molar-refractivity contribution in [2.75, 3.05) is 13.7 Å². The van der Waals surface area contributed by atoms with Gasteiger partial charge in [0.2, 0.25) is 0 Å². The number of benzene rings is 1. The van der Waals surface area contributed by atoms with Gasteiger partial charge in [0, 0.05) is 48.3 Å². The molecule has 0 saturated carbocycles. The van der Waals surface area contributed by atoms with E-state index >= 15 is 0 Å². The highest BCUT2D eigenvalue weighted by Crippen LogP contribution is 2.48. The van der Waals surface area contributed by atoms with Crippen LogP contribution in [-0.4, -0.2) is 30.1 Å². The summed E-state index contributed by atoms with van der Waals surface area (Å²) in [6, 6.07) is 8.13. The number of carbonyl (C=O) groups excluding carboxylic acids is 2. The normalized spacial score (nSPS) is 19.4. The first-order chi connectivity index (χ1) is 15.6. The third-order valence-electron chi connectivity index (χ3n) is 7.22. The molecule has 4 nitrogen and oxygen atoms in total. The van der Waals surface area contributed by atoms with E-state index in [4.69, 9.17) is 4.74 Å². The molecule has 172 valence electrons. The Hall–Kier alpha value is -2.36. The number of ketones is 2. The highest BCUT2D eigenvalue weighted by molar-refractivity contribution is 6.06. The lowest BCUT2D eigenvalue weighted by molar-refractivity contribution is -0.117. The standard InChI is InChI=1S/C28H37NO3/c1-3-4-5-6-7-8-19-32-21-17-15-20(16-18-21)26-27-22(11-9-13-24(27)30)29(2)23-12-10-14-25(31)28(23)26/h15-18,26H,3-14,19H2,1-2H3. The van der Waals surface area contributed by atoms with Crippen LogP contribution in [0.4, 0.5) is 0 Å². The Morgan fingerprint density at radius 3 is 1.97 bits per heavy atom. The van der Waals surface area contributed by atoms with Crippen molar-refractivity contribution in [1.82, 2.24) is 4.90 Å². The van der Waals surface area contributed by atoms with E-state index in [0.717, 1.165) is 72.6 Å². The topological polar surface area (TPSA) is 46.6 Å². The van der Waals surface area contributed by atoms with Gasteiger partial charge in [0.25, 0.3) is 0 Å². The zero-order valence-corrected chi connectivity index (χ0v) is 19.8. The molecule has 1 aliphatic heterocycles. The van der Waals surface area contributed by atoms with Crippen molar-refractivity contribution in [3.05, 3.63) is 52.4 Å². The Morgan fingerprint density at radius 2 is 1.38 bits per heavy atom. The van der Waals surface area contributed by atoms with Crippen molar-refractivity contribution in [3.63, 3.8) is 0 Å². The largest absolute Gasteiger partial charge is 0.494 e. The minimum atomic E-state index is -0.218. The lowest BCUT2D eigenvalue weighted by atomic mass is 9.71. The van der Waals surface area contributed by atoms with Crippen LogP contribution in [-0.2, 0) is 9.59 Å². The highest BCUT2D eigenvalue weighted by Gasteiger charge is 2.42. The van der Waals surface area contributed by atoms with Gasteiger partial charge in [0.05, 0.1) is 6.61 Å². The molecule has 1 aromatic rings. The third-order valence-corrected chi connectivity index (χ3v) is 7.22. The van der Waals surface area contributed by atoms with Crippen LogP contribution in [0.25, 0.3) is 0 Å². The number of Topliss-reactive ketones (excluding diaryl/α,β-unsaturated/α-hetero) is 2. The van der Waals surface area contributed by atoms with Crippen molar-refractivity contribution in [3.8, 4) is 5.75 Å². The average Bonchev–Trinajstić information content (AvgIpc) is 2.80. The van der Waals surface area contributed by atoms with Crippen LogP contribution in [0, 0.1) is 0 Å². The number of ether oxygens (including phenoxy) is 1. The van der Waals surface area contributed by atoms with Crippen molar-refractivity contribution in [2.24, 2.45) is 0 Å². The van der Waals surface area contributed by atoms with E-state index in [1.54, 1.807) is 0 Å². The summed E-state index contributed by atoms with van der Waals surface area (Å²) in [4.78, 5) is 28.2. The summed E-state index contributed by atoms with van der Waals surface area (Å²) in [5.41, 5.74) is 5.00. The maximum absolute atomic E-state index is 13.0. The molecule has 0 fully saturated rings. The molecule has 0 unspecified atom stereocenters. The van der Waals surface area contributed by atoms with E-state index < -0.39 is 0 Å². The first-order valence-corrected chi connectivity index (χ1v) is 12.6. The number of rotatable bonds is 9. The van der Waals surface area contributed by atoms with Gasteiger partial charge in [-0.25, -0.2) is 0 Å². The second kappa shape index (κ2) is 10.5. The number of carbonyl (C=O) groups is 2. The third kappa shape index (κ3) is 4.69. The predicted octanol–water partition coefficient (Wildman–Crippen LogP) is 6.47. The lowest BCUT2D eigenvalue weighted by Crippen LogP contribution is -2.37. The first kappa shape index (κ1) is 22.8. The van der Waals surface area contributed by atoms with E-state index in [1.165, 1.54) is 32.1 Å². The monoisotopic (exact) mass is 435 g/mol. The Morgan fingerprint density at radius 1 is 0.812 bits per heavy atom. The number of allylic oxidation sites excluding steroid dienone is 4. The van der Waals surface area contributed by atoms with Gasteiger partial charge in [-0.05, 0) is 49.8 Å². The molecular weight excluding hydrogens is 398 g/mol. The van der Waals surface area contributed by atoms with Gasteiger partial charge in [-0.3, -0.25) is 9.59 Å². The van der Waals surface area contributed by atoms with E-state index in [0.29, 0.717) is 12.8 Å². The summed E-state index contributed by atoms with van der Waals surface area (Å²) >= 11 is 0. The van der Waals surface area contributed by atoms with Gasteiger partial charge in [-0.2, -0.15) is 0 Å². The molecule has 3 aliphatic rings. The first-order valence-electron chi connectivity index (χ1n) is 12.6. The van der Waals surface area contributed by atoms with Crippen LogP contribution >= 0.6 is 0 Å². The fourth-order valence-electron chi connectivity index (χ4n) is 5.51. The van der Waals surface area contributed by atoms with Crippen LogP contribution in [0.3, 0.4) is 0 Å². The minimum absolute atomic E-state index is 0.205. The van der Waals surface area contributed by atoms with Crippen LogP contribution in [0.1, 0.15) is 95.5 Å². The molecule has 0 bridgehead atoms. The lowest BCUT2D eigenvalue weighted by Gasteiger charge is -2.42. The highest BCUT2D eigenvalue weighted by atomic mass is 16.5. The fraction of sp³-hybridized carbons (Fsp3) is 0.571. The molecule has 0 N–H and O–H groups in total. The number of hydrogen-bond donors (Lipinski definition) is 0. The van der Waals surface area contributed by atoms with Crippen molar-refractivity contribution < 1.29 is 14.3 Å². The molecule has 4 heteroatoms. The van der Waals surface area contributed by atoms with Crippen LogP contribution < -0.4 is 4.74 Å². The Labute approximate surface area is 192 Å². The number of hydrogen-bond acceptors (Lipinski definition) is 4. The summed E-state index contributed by atoms with van der Waals surface area (Å²) in [5, 5.41) is 0. The van der Waals surface area contributed by atoms with Crippen molar-refractivity contribution in [2.45, 2.75) is 89.9 Å². The maximum Gasteiger partial charge on any atom is 0.161 e. The van der Waals surface area contributed by atoms with Crippen molar-refractivity contribution in [1.29, 1.82) is 0 Å². The van der Waals surface area contributed by atoms with E-state index in [9.17, 15) is 9.59 Å². The predicted molar refractivity (Wildman–Crippen MR) is 128 cm³/mol. The SMILES string of the molecule is CCCCCCCCOc1ccc(C2C3=C(CCCC3=O)N(C)C3=C2C(=O)CCC3)cc1. The average molecular weight is 436 g/mol. The van der Waals surface area contributed by atoms with Gasteiger partial charge < -0.3 is 9.64 Å². The Balaban J connectivity index is 1.51. The van der Waals surface area contributed by atoms with Crippen LogP contribution in [0.2, 0.25) is 0 Å². The Kier molecular flexibility index (Phi) is 7.49. The molecule has 32 heavy (non-hydrogen) atoms. The van der Waals surface area contributed by atoms with Gasteiger partial charge >= 0.3 is 0 Å². The molecule has 0 atom stereocenters. The molecule has 0 radical (unpaired) electrons. The molecule has 2 aliphatic carbocycles. The molecule has 0 spiro atoms. The summed E-state index contributed by atoms with van der Waals surface area (Å²) in [6.45, 7) is 2.97. The zero-order valence-electron chi connectivity index (χ0n) is 19.8. The fourth-order valence-corrected chi connectivity index (χ4v) is 5.51. The van der Waals surface area contributed by atoms with Gasteiger partial charge in [-0.1, -0.05) is 51.2 Å². The van der Waals surface area contributed by atoms with E-state index in [1.807, 2.05) is 19.2 Å². The Bertz CT molecular complexity index is 865. The molecule has 1 aromatic carbocycles. The van der Waals surface area contributed by atoms with Crippen LogP contribution in [0.15, 0.2) is 46.8 Å². The van der Waals surface area contributed by atoms with Crippen LogP contribution in [0.5, 0.6) is 5.75 Å². The van der Waals surface area contributed by atoms with Crippen molar-refractivity contribution >= 4 is 11.6 Å². The van der Waals surface area contributed by atoms with Gasteiger partial charge in [0.15, 0.2) is 11.6 Å². The van der Waals surface area contributed by atoms with Gasteiger partial charge in [0.1, 0.15) is 5.75 Å². The van der Waals surface area contributed by atoms with E-state index in [-0.39, 0.29) is 17.5 Å². The molecule has 1 heterocycles. The summed E-state index contributed by atoms with van der Waals surface area (Å²) in [5.74, 6) is 1.06. The minimum Gasteiger partial charge on any atom is -0.494 e. The zero-order chi connectivity index (χ0) is 22.5. The molecule has 0 aromatic heterocycles. The van der Waals surface area contributed by atoms with Gasteiger partial charge in [-0.15, -0.1) is 0 Å². The molecular formula is C28H37NO3. The summed E-state index contributed by atoms with van der Waals surface area (Å²) < 4.78 is 5.96. The molecule has 0 saturated heterocycles. The summed E-state index contributed by atoms with van der Waals surface area (Å²) in [7, 11) is 2.04. The molecule has 0 amide bonds. The number of unbranched alkanes of at least 4 members (excludes halogenated alkanes) is 5. The quantitative estimate of drug-likeness (QED) is 0.417. The molecule has 4 rings (SSSR count). The second-order valence-corrected chi connectivity index (χ2v) is 9.45.